The second kappa shape index (κ2) is 2.73. The van der Waals surface area contributed by atoms with Crippen molar-refractivity contribution in [1.82, 2.24) is 0 Å². The van der Waals surface area contributed by atoms with Gasteiger partial charge in [0.25, 0.3) is 0 Å². The predicted molar refractivity (Wildman–Crippen MR) is 45.2 cm³/mol. The first kappa shape index (κ1) is 8.97. The first-order chi connectivity index (χ1) is 5.48. The molecular weight excluding hydrogens is 154 g/mol. The highest BCUT2D eigenvalue weighted by molar-refractivity contribution is 5.91. The van der Waals surface area contributed by atoms with Crippen molar-refractivity contribution in [3.05, 3.63) is 12.2 Å². The van der Waals surface area contributed by atoms with Crippen LogP contribution in [-0.4, -0.2) is 11.7 Å². The Morgan fingerprint density at radius 2 is 2.17 bits per heavy atom. The van der Waals surface area contributed by atoms with Gasteiger partial charge in [-0.1, -0.05) is 19.1 Å². The molecule has 0 saturated carbocycles. The van der Waals surface area contributed by atoms with E-state index in [1.807, 2.05) is 6.08 Å². The van der Waals surface area contributed by atoms with Crippen molar-refractivity contribution in [3.63, 3.8) is 0 Å². The summed E-state index contributed by atoms with van der Waals surface area (Å²) >= 11 is 0. The van der Waals surface area contributed by atoms with E-state index in [2.05, 4.69) is 0 Å². The fourth-order valence-corrected chi connectivity index (χ4v) is 1.56. The van der Waals surface area contributed by atoms with Crippen molar-refractivity contribution >= 4 is 11.7 Å². The minimum Gasteiger partial charge on any atom is -0.369 e. The number of ketones is 1. The lowest BCUT2D eigenvalue weighted by atomic mass is 9.75. The van der Waals surface area contributed by atoms with Crippen LogP contribution in [0.15, 0.2) is 12.2 Å². The highest BCUT2D eigenvalue weighted by Crippen LogP contribution is 2.38. The molecule has 0 bridgehead atoms. The molecule has 2 N–H and O–H groups in total. The van der Waals surface area contributed by atoms with E-state index in [4.69, 9.17) is 5.73 Å². The summed E-state index contributed by atoms with van der Waals surface area (Å²) in [5.41, 5.74) is 4.58. The summed E-state index contributed by atoms with van der Waals surface area (Å²) in [6.07, 6.45) is 4.19. The van der Waals surface area contributed by atoms with Gasteiger partial charge < -0.3 is 5.73 Å². The SMILES string of the molecule is CC(=O)C1(C)CC=CC1C(N)=O. The van der Waals surface area contributed by atoms with Crippen LogP contribution < -0.4 is 5.73 Å². The number of carbonyl (C=O) groups is 2. The maximum Gasteiger partial charge on any atom is 0.225 e. The van der Waals surface area contributed by atoms with Crippen LogP contribution in [0.4, 0.5) is 0 Å². The normalized spacial score (nSPS) is 33.7. The van der Waals surface area contributed by atoms with Gasteiger partial charge in [-0.25, -0.2) is 0 Å². The largest absolute Gasteiger partial charge is 0.369 e. The Bertz CT molecular complexity index is 257. The third kappa shape index (κ3) is 1.15. The van der Waals surface area contributed by atoms with E-state index in [1.54, 1.807) is 13.0 Å². The second-order valence-electron chi connectivity index (χ2n) is 3.49. The van der Waals surface area contributed by atoms with Gasteiger partial charge in [-0.3, -0.25) is 9.59 Å². The first-order valence-electron chi connectivity index (χ1n) is 3.95. The van der Waals surface area contributed by atoms with Crippen LogP contribution in [0, 0.1) is 11.3 Å². The van der Waals surface area contributed by atoms with Gasteiger partial charge >= 0.3 is 0 Å². The molecule has 2 atom stereocenters. The number of rotatable bonds is 2. The van der Waals surface area contributed by atoms with Crippen LogP contribution in [0.3, 0.4) is 0 Å². The molecule has 1 rings (SSSR count). The fourth-order valence-electron chi connectivity index (χ4n) is 1.56. The van der Waals surface area contributed by atoms with E-state index in [9.17, 15) is 9.59 Å². The number of hydrogen-bond donors (Lipinski definition) is 1. The van der Waals surface area contributed by atoms with E-state index in [-0.39, 0.29) is 5.78 Å². The number of amides is 1. The van der Waals surface area contributed by atoms with Crippen LogP contribution in [0.25, 0.3) is 0 Å². The minimum atomic E-state index is -0.591. The Kier molecular flexibility index (Phi) is 2.04. The zero-order valence-electron chi connectivity index (χ0n) is 7.33. The van der Waals surface area contributed by atoms with Gasteiger partial charge in [0.05, 0.1) is 5.92 Å². The Balaban J connectivity index is 2.94. The van der Waals surface area contributed by atoms with E-state index in [0.717, 1.165) is 0 Å². The molecule has 1 aliphatic carbocycles. The third-order valence-corrected chi connectivity index (χ3v) is 2.67. The first-order valence-corrected chi connectivity index (χ1v) is 3.95. The number of Topliss-reactive ketones (excluding diaryl/α,β-unsaturated/α-hetero) is 1. The van der Waals surface area contributed by atoms with Crippen LogP contribution in [-0.2, 0) is 9.59 Å². The monoisotopic (exact) mass is 167 g/mol. The smallest absolute Gasteiger partial charge is 0.225 e. The number of nitrogens with two attached hydrogens (primary N) is 1. The van der Waals surface area contributed by atoms with Gasteiger partial charge in [0.15, 0.2) is 0 Å². The molecule has 0 aromatic rings. The van der Waals surface area contributed by atoms with E-state index in [1.165, 1.54) is 6.92 Å². The molecule has 3 nitrogen and oxygen atoms in total. The fraction of sp³-hybridized carbons (Fsp3) is 0.556. The Morgan fingerprint density at radius 3 is 2.50 bits per heavy atom. The van der Waals surface area contributed by atoms with Crippen LogP contribution >= 0.6 is 0 Å². The Labute approximate surface area is 71.6 Å². The van der Waals surface area contributed by atoms with Crippen LogP contribution in [0.1, 0.15) is 20.3 Å². The van der Waals surface area contributed by atoms with E-state index in [0.29, 0.717) is 6.42 Å². The highest BCUT2D eigenvalue weighted by Gasteiger charge is 2.42. The average molecular weight is 167 g/mol. The summed E-state index contributed by atoms with van der Waals surface area (Å²) in [5, 5.41) is 0. The molecule has 0 aromatic heterocycles. The van der Waals surface area contributed by atoms with Gasteiger partial charge in [0, 0.05) is 5.41 Å². The van der Waals surface area contributed by atoms with Crippen molar-refractivity contribution in [3.8, 4) is 0 Å². The van der Waals surface area contributed by atoms with Gasteiger partial charge in [-0.2, -0.15) is 0 Å². The molecule has 0 heterocycles. The van der Waals surface area contributed by atoms with Crippen LogP contribution in [0.5, 0.6) is 0 Å². The molecule has 2 unspecified atom stereocenters. The molecule has 3 heteroatoms. The number of primary amides is 1. The summed E-state index contributed by atoms with van der Waals surface area (Å²) in [6.45, 7) is 3.29. The molecule has 0 spiro atoms. The minimum absolute atomic E-state index is 0.0244. The zero-order chi connectivity index (χ0) is 9.35. The Hall–Kier alpha value is -1.12. The highest BCUT2D eigenvalue weighted by atomic mass is 16.1. The number of allylic oxidation sites excluding steroid dienone is 1. The summed E-state index contributed by atoms with van der Waals surface area (Å²) in [6, 6.07) is 0. The van der Waals surface area contributed by atoms with Gasteiger partial charge in [0.2, 0.25) is 5.91 Å². The topological polar surface area (TPSA) is 60.2 Å². The van der Waals surface area contributed by atoms with Crippen molar-refractivity contribution in [2.45, 2.75) is 20.3 Å². The maximum absolute atomic E-state index is 11.2. The van der Waals surface area contributed by atoms with Crippen LogP contribution in [0.2, 0.25) is 0 Å². The second-order valence-corrected chi connectivity index (χ2v) is 3.49. The molecule has 12 heavy (non-hydrogen) atoms. The molecular formula is C9H13NO2. The summed E-state index contributed by atoms with van der Waals surface area (Å²) < 4.78 is 0. The van der Waals surface area contributed by atoms with Crippen molar-refractivity contribution in [2.24, 2.45) is 17.1 Å². The molecule has 66 valence electrons. The molecule has 0 saturated heterocycles. The molecule has 1 aliphatic rings. The number of hydrogen-bond acceptors (Lipinski definition) is 2. The lowest BCUT2D eigenvalue weighted by Gasteiger charge is -2.26. The molecule has 0 radical (unpaired) electrons. The molecule has 0 aliphatic heterocycles. The van der Waals surface area contributed by atoms with Crippen molar-refractivity contribution in [2.75, 3.05) is 0 Å². The van der Waals surface area contributed by atoms with Gasteiger partial charge in [0.1, 0.15) is 5.78 Å². The van der Waals surface area contributed by atoms with E-state index < -0.39 is 17.2 Å². The molecule has 1 amide bonds. The molecule has 0 aromatic carbocycles. The van der Waals surface area contributed by atoms with Crippen molar-refractivity contribution in [1.29, 1.82) is 0 Å². The summed E-state index contributed by atoms with van der Waals surface area (Å²) in [4.78, 5) is 22.2. The third-order valence-electron chi connectivity index (χ3n) is 2.67. The maximum atomic E-state index is 11.2. The van der Waals surface area contributed by atoms with Gasteiger partial charge in [-0.05, 0) is 13.3 Å². The quantitative estimate of drug-likeness (QED) is 0.613. The Morgan fingerprint density at radius 1 is 1.58 bits per heavy atom. The average Bonchev–Trinajstić information content (AvgIpc) is 2.32. The van der Waals surface area contributed by atoms with E-state index >= 15 is 0 Å². The van der Waals surface area contributed by atoms with Gasteiger partial charge in [-0.15, -0.1) is 0 Å². The predicted octanol–water partition coefficient (Wildman–Crippen LogP) is 0.643. The lowest BCUT2D eigenvalue weighted by molar-refractivity contribution is -0.134. The summed E-state index contributed by atoms with van der Waals surface area (Å²) in [7, 11) is 0. The molecule has 0 fully saturated rings. The van der Waals surface area contributed by atoms with Crippen molar-refractivity contribution < 1.29 is 9.59 Å². The number of carbonyl (C=O) groups excluding carboxylic acids is 2. The summed E-state index contributed by atoms with van der Waals surface area (Å²) in [5.74, 6) is -0.812. The lowest BCUT2D eigenvalue weighted by Crippen LogP contribution is -2.38. The standard InChI is InChI=1S/C9H13NO2/c1-6(11)9(2)5-3-4-7(9)8(10)12/h3-4,7H,5H2,1-2H3,(H2,10,12). The zero-order valence-corrected chi connectivity index (χ0v) is 7.33.